The summed E-state index contributed by atoms with van der Waals surface area (Å²) in [6.07, 6.45) is -3.23. The molecule has 9 heteroatoms. The Kier molecular flexibility index (Phi) is 4.84. The van der Waals surface area contributed by atoms with Crippen LogP contribution in [-0.2, 0) is 10.9 Å². The van der Waals surface area contributed by atoms with E-state index in [-0.39, 0.29) is 23.1 Å². The molecule has 6 nitrogen and oxygen atoms in total. The van der Waals surface area contributed by atoms with Crippen LogP contribution < -0.4 is 5.32 Å². The van der Waals surface area contributed by atoms with Gasteiger partial charge in [0.25, 0.3) is 5.91 Å². The van der Waals surface area contributed by atoms with Crippen molar-refractivity contribution in [2.75, 3.05) is 31.6 Å². The lowest BCUT2D eigenvalue weighted by Crippen LogP contribution is -2.41. The van der Waals surface area contributed by atoms with Crippen LogP contribution in [0.15, 0.2) is 36.7 Å². The van der Waals surface area contributed by atoms with Crippen LogP contribution in [0.2, 0.25) is 0 Å². The molecule has 0 radical (unpaired) electrons. The largest absolute Gasteiger partial charge is 0.416 e. The van der Waals surface area contributed by atoms with Crippen LogP contribution in [0.3, 0.4) is 0 Å². The summed E-state index contributed by atoms with van der Waals surface area (Å²) >= 11 is 0. The lowest BCUT2D eigenvalue weighted by molar-refractivity contribution is -0.137. The smallest absolute Gasteiger partial charge is 0.378 e. The number of halogens is 3. The van der Waals surface area contributed by atoms with Crippen LogP contribution >= 0.6 is 0 Å². The van der Waals surface area contributed by atoms with Gasteiger partial charge in [-0.2, -0.15) is 13.2 Å². The number of hydrogen-bond donors (Lipinski definition) is 1. The van der Waals surface area contributed by atoms with E-state index in [1.165, 1.54) is 24.5 Å². The predicted octanol–water partition coefficient (Wildman–Crippen LogP) is 2.71. The van der Waals surface area contributed by atoms with Crippen LogP contribution in [0, 0.1) is 0 Å². The second-order valence-electron chi connectivity index (χ2n) is 5.40. The number of hydrogen-bond acceptors (Lipinski definition) is 5. The fourth-order valence-electron chi connectivity index (χ4n) is 2.39. The zero-order valence-electron chi connectivity index (χ0n) is 13.1. The highest BCUT2D eigenvalue weighted by molar-refractivity contribution is 5.93. The quantitative estimate of drug-likeness (QED) is 0.920. The van der Waals surface area contributed by atoms with Crippen molar-refractivity contribution in [2.45, 2.75) is 6.18 Å². The van der Waals surface area contributed by atoms with E-state index in [4.69, 9.17) is 4.74 Å². The van der Waals surface area contributed by atoms with E-state index in [0.717, 1.165) is 12.1 Å². The fraction of sp³-hybridized carbons (Fsp3) is 0.312. The second-order valence-corrected chi connectivity index (χ2v) is 5.40. The maximum atomic E-state index is 12.8. The zero-order valence-corrected chi connectivity index (χ0v) is 13.1. The van der Waals surface area contributed by atoms with E-state index < -0.39 is 11.7 Å². The molecule has 0 unspecified atom stereocenters. The molecular formula is C16H15F3N4O2. The van der Waals surface area contributed by atoms with E-state index in [9.17, 15) is 18.0 Å². The third-order valence-electron chi connectivity index (χ3n) is 3.65. The molecule has 1 fully saturated rings. The molecule has 1 amide bonds. The van der Waals surface area contributed by atoms with Gasteiger partial charge < -0.3 is 15.0 Å². The summed E-state index contributed by atoms with van der Waals surface area (Å²) in [6.45, 7) is 1.87. The molecule has 1 aliphatic rings. The number of ether oxygens (including phenoxy) is 1. The molecule has 1 aromatic carbocycles. The number of carbonyl (C=O) groups is 1. The lowest BCUT2D eigenvalue weighted by Gasteiger charge is -2.26. The molecule has 1 aliphatic heterocycles. The van der Waals surface area contributed by atoms with Gasteiger partial charge in [-0.15, -0.1) is 0 Å². The standard InChI is InChI=1S/C16H15F3N4O2/c17-16(18,19)11-2-1-3-12(8-11)22-14-9-13(20-10-21-14)15(24)23-4-6-25-7-5-23/h1-3,8-10H,4-7H2,(H,20,21,22). The van der Waals surface area contributed by atoms with Crippen LogP contribution in [0.1, 0.15) is 16.1 Å². The van der Waals surface area contributed by atoms with Crippen LogP contribution in [0.4, 0.5) is 24.7 Å². The molecule has 1 N–H and O–H groups in total. The van der Waals surface area contributed by atoms with Gasteiger partial charge in [0.05, 0.1) is 18.8 Å². The zero-order chi connectivity index (χ0) is 17.9. The maximum Gasteiger partial charge on any atom is 0.416 e. The van der Waals surface area contributed by atoms with Gasteiger partial charge in [0, 0.05) is 24.8 Å². The number of benzene rings is 1. The highest BCUT2D eigenvalue weighted by Crippen LogP contribution is 2.31. The predicted molar refractivity (Wildman–Crippen MR) is 83.5 cm³/mol. The summed E-state index contributed by atoms with van der Waals surface area (Å²) in [5, 5.41) is 2.77. The number of amides is 1. The number of morpholine rings is 1. The van der Waals surface area contributed by atoms with Gasteiger partial charge in [-0.25, -0.2) is 9.97 Å². The summed E-state index contributed by atoms with van der Waals surface area (Å²) in [7, 11) is 0. The van der Waals surface area contributed by atoms with Crippen molar-refractivity contribution in [1.82, 2.24) is 14.9 Å². The number of nitrogens with zero attached hydrogens (tertiary/aromatic N) is 3. The van der Waals surface area contributed by atoms with E-state index in [2.05, 4.69) is 15.3 Å². The highest BCUT2D eigenvalue weighted by Gasteiger charge is 2.30. The Morgan fingerprint density at radius 1 is 1.16 bits per heavy atom. The molecule has 0 bridgehead atoms. The molecule has 0 spiro atoms. The van der Waals surface area contributed by atoms with E-state index in [1.54, 1.807) is 4.90 Å². The monoisotopic (exact) mass is 352 g/mol. The first-order valence-electron chi connectivity index (χ1n) is 7.57. The van der Waals surface area contributed by atoms with Gasteiger partial charge in [-0.1, -0.05) is 6.07 Å². The Morgan fingerprint density at radius 3 is 2.64 bits per heavy atom. The third-order valence-corrected chi connectivity index (χ3v) is 3.65. The van der Waals surface area contributed by atoms with Crippen molar-refractivity contribution >= 4 is 17.4 Å². The van der Waals surface area contributed by atoms with Crippen LogP contribution in [0.25, 0.3) is 0 Å². The summed E-state index contributed by atoms with van der Waals surface area (Å²) < 4.78 is 43.5. The Labute approximate surface area is 141 Å². The van der Waals surface area contributed by atoms with Gasteiger partial charge in [0.15, 0.2) is 0 Å². The minimum absolute atomic E-state index is 0.173. The van der Waals surface area contributed by atoms with E-state index in [0.29, 0.717) is 26.3 Å². The average molecular weight is 352 g/mol. The number of carbonyl (C=O) groups excluding carboxylic acids is 1. The van der Waals surface area contributed by atoms with E-state index in [1.807, 2.05) is 0 Å². The van der Waals surface area contributed by atoms with Gasteiger partial charge >= 0.3 is 6.18 Å². The van der Waals surface area contributed by atoms with Gasteiger partial charge in [0.2, 0.25) is 0 Å². The van der Waals surface area contributed by atoms with Crippen molar-refractivity contribution in [3.8, 4) is 0 Å². The normalized spacial score (nSPS) is 15.1. The lowest BCUT2D eigenvalue weighted by atomic mass is 10.2. The molecule has 132 valence electrons. The molecule has 0 saturated carbocycles. The Bertz CT molecular complexity index is 761. The number of rotatable bonds is 3. The summed E-state index contributed by atoms with van der Waals surface area (Å²) in [5.41, 5.74) is -0.374. The molecule has 3 rings (SSSR count). The number of aromatic nitrogens is 2. The van der Waals surface area contributed by atoms with Crippen molar-refractivity contribution in [1.29, 1.82) is 0 Å². The number of anilines is 2. The van der Waals surface area contributed by atoms with Crippen molar-refractivity contribution < 1.29 is 22.7 Å². The summed E-state index contributed by atoms with van der Waals surface area (Å²) in [6, 6.07) is 6.16. The van der Waals surface area contributed by atoms with Gasteiger partial charge in [-0.05, 0) is 18.2 Å². The molecule has 25 heavy (non-hydrogen) atoms. The number of alkyl halides is 3. The third kappa shape index (κ3) is 4.24. The topological polar surface area (TPSA) is 67.4 Å². The average Bonchev–Trinajstić information content (AvgIpc) is 2.61. The first-order chi connectivity index (χ1) is 11.9. The fourth-order valence-corrected chi connectivity index (χ4v) is 2.39. The Balaban J connectivity index is 1.77. The van der Waals surface area contributed by atoms with Crippen LogP contribution in [-0.4, -0.2) is 47.1 Å². The van der Waals surface area contributed by atoms with Crippen LogP contribution in [0.5, 0.6) is 0 Å². The summed E-state index contributed by atoms with van der Waals surface area (Å²) in [4.78, 5) is 21.9. The van der Waals surface area contributed by atoms with Crippen molar-refractivity contribution in [2.24, 2.45) is 0 Å². The molecule has 2 heterocycles. The van der Waals surface area contributed by atoms with Crippen molar-refractivity contribution in [3.63, 3.8) is 0 Å². The molecule has 1 saturated heterocycles. The summed E-state index contributed by atoms with van der Waals surface area (Å²) in [5.74, 6) is -0.0243. The Hall–Kier alpha value is -2.68. The molecule has 1 aromatic heterocycles. The first kappa shape index (κ1) is 17.2. The van der Waals surface area contributed by atoms with Crippen molar-refractivity contribution in [3.05, 3.63) is 47.9 Å². The molecule has 2 aromatic rings. The number of nitrogens with one attached hydrogen (secondary N) is 1. The maximum absolute atomic E-state index is 12.8. The highest BCUT2D eigenvalue weighted by atomic mass is 19.4. The van der Waals surface area contributed by atoms with Gasteiger partial charge in [0.1, 0.15) is 17.8 Å². The molecule has 0 aliphatic carbocycles. The second kappa shape index (κ2) is 7.06. The van der Waals surface area contributed by atoms with Gasteiger partial charge in [-0.3, -0.25) is 4.79 Å². The van der Waals surface area contributed by atoms with E-state index >= 15 is 0 Å². The first-order valence-corrected chi connectivity index (χ1v) is 7.57. The molecular weight excluding hydrogens is 337 g/mol. The molecule has 0 atom stereocenters. The Morgan fingerprint density at radius 2 is 1.92 bits per heavy atom. The minimum atomic E-state index is -4.43. The minimum Gasteiger partial charge on any atom is -0.378 e. The SMILES string of the molecule is O=C(c1cc(Nc2cccc(C(F)(F)F)c2)ncn1)N1CCOCC1.